The summed E-state index contributed by atoms with van der Waals surface area (Å²) in [5.74, 6) is -0.356. The number of nitrogens with one attached hydrogen (secondary N) is 2. The van der Waals surface area contributed by atoms with Gasteiger partial charge in [-0.1, -0.05) is 36.4 Å². The quantitative estimate of drug-likeness (QED) is 0.753. The number of pyridine rings is 1. The van der Waals surface area contributed by atoms with Crippen LogP contribution in [0, 0.1) is 0 Å². The van der Waals surface area contributed by atoms with E-state index in [4.69, 9.17) is 0 Å². The summed E-state index contributed by atoms with van der Waals surface area (Å²) >= 11 is 0. The highest BCUT2D eigenvalue weighted by Crippen LogP contribution is 2.06. The maximum atomic E-state index is 12.0. The molecule has 23 heavy (non-hydrogen) atoms. The lowest BCUT2D eigenvalue weighted by atomic mass is 10.2. The Morgan fingerprint density at radius 2 is 1.83 bits per heavy atom. The molecule has 0 aliphatic rings. The van der Waals surface area contributed by atoms with E-state index in [1.807, 2.05) is 30.3 Å². The highest BCUT2D eigenvalue weighted by molar-refractivity contribution is 5.91. The predicted octanol–water partition coefficient (Wildman–Crippen LogP) is 1.16. The number of H-pyrrole nitrogens is 1. The summed E-state index contributed by atoms with van der Waals surface area (Å²) in [6.07, 6.45) is 1.58. The number of amides is 1. The highest BCUT2D eigenvalue weighted by Gasteiger charge is 2.14. The fourth-order valence-electron chi connectivity index (χ4n) is 1.97. The van der Waals surface area contributed by atoms with Crippen molar-refractivity contribution in [1.82, 2.24) is 25.5 Å². The first kappa shape index (κ1) is 14.6. The number of aromatic nitrogens is 4. The second kappa shape index (κ2) is 6.61. The molecule has 0 fully saturated rings. The number of hydrogen-bond donors (Lipinski definition) is 2. The lowest BCUT2D eigenvalue weighted by molar-refractivity contribution is 0.0943. The molecule has 7 heteroatoms. The molecule has 7 nitrogen and oxygen atoms in total. The Morgan fingerprint density at radius 1 is 1.04 bits per heavy atom. The van der Waals surface area contributed by atoms with Crippen molar-refractivity contribution in [2.75, 3.05) is 0 Å². The van der Waals surface area contributed by atoms with Gasteiger partial charge in [-0.3, -0.25) is 14.6 Å². The Hall–Kier alpha value is -3.35. The van der Waals surface area contributed by atoms with Crippen molar-refractivity contribution in [3.05, 3.63) is 76.3 Å². The molecule has 0 unspecified atom stereocenters. The Morgan fingerprint density at radius 3 is 2.52 bits per heavy atom. The van der Waals surface area contributed by atoms with Crippen molar-refractivity contribution in [1.29, 1.82) is 0 Å². The first-order valence-corrected chi connectivity index (χ1v) is 6.94. The zero-order valence-electron chi connectivity index (χ0n) is 12.1. The SMILES string of the molecule is O=C(NCc1ccccc1)c1nnc(-c2ccccn2)[nH]c1=O. The molecule has 3 rings (SSSR count). The van der Waals surface area contributed by atoms with Crippen molar-refractivity contribution >= 4 is 5.91 Å². The molecule has 0 bridgehead atoms. The molecule has 0 aliphatic heterocycles. The molecule has 0 aliphatic carbocycles. The third-order valence-corrected chi connectivity index (χ3v) is 3.12. The van der Waals surface area contributed by atoms with Crippen LogP contribution in [0.5, 0.6) is 0 Å². The fraction of sp³-hybridized carbons (Fsp3) is 0.0625. The van der Waals surface area contributed by atoms with Gasteiger partial charge in [0, 0.05) is 12.7 Å². The minimum atomic E-state index is -0.605. The average molecular weight is 307 g/mol. The van der Waals surface area contributed by atoms with Crippen molar-refractivity contribution < 1.29 is 4.79 Å². The molecular weight excluding hydrogens is 294 g/mol. The van der Waals surface area contributed by atoms with E-state index in [9.17, 15) is 9.59 Å². The van der Waals surface area contributed by atoms with E-state index in [-0.39, 0.29) is 11.5 Å². The number of hydrogen-bond acceptors (Lipinski definition) is 5. The Kier molecular flexibility index (Phi) is 4.19. The summed E-state index contributed by atoms with van der Waals surface area (Å²) in [4.78, 5) is 30.6. The number of carbonyl (C=O) groups is 1. The summed E-state index contributed by atoms with van der Waals surface area (Å²) in [7, 11) is 0. The molecule has 1 amide bonds. The number of nitrogens with zero attached hydrogens (tertiary/aromatic N) is 3. The molecule has 3 aromatic rings. The molecular formula is C16H13N5O2. The van der Waals surface area contributed by atoms with Gasteiger partial charge in [-0.2, -0.15) is 0 Å². The second-order valence-electron chi connectivity index (χ2n) is 4.73. The van der Waals surface area contributed by atoms with Crippen LogP contribution in [-0.2, 0) is 6.54 Å². The van der Waals surface area contributed by atoms with Gasteiger partial charge in [-0.05, 0) is 17.7 Å². The molecule has 114 valence electrons. The van der Waals surface area contributed by atoms with Gasteiger partial charge in [0.15, 0.2) is 5.82 Å². The molecule has 0 saturated carbocycles. The smallest absolute Gasteiger partial charge is 0.283 e. The summed E-state index contributed by atoms with van der Waals surface area (Å²) in [5, 5.41) is 10.2. The van der Waals surface area contributed by atoms with E-state index in [1.54, 1.807) is 24.4 Å². The van der Waals surface area contributed by atoms with Crippen LogP contribution in [0.3, 0.4) is 0 Å². The standard InChI is InChI=1S/C16H13N5O2/c22-15(18-10-11-6-2-1-3-7-11)13-16(23)19-14(21-20-13)12-8-4-5-9-17-12/h1-9H,10H2,(H,18,22)(H,19,21,23). The number of carbonyl (C=O) groups excluding carboxylic acids is 1. The van der Waals surface area contributed by atoms with E-state index in [2.05, 4.69) is 25.5 Å². The van der Waals surface area contributed by atoms with Crippen molar-refractivity contribution in [2.24, 2.45) is 0 Å². The average Bonchev–Trinajstić information content (AvgIpc) is 2.61. The third kappa shape index (κ3) is 3.46. The topological polar surface area (TPSA) is 101 Å². The van der Waals surface area contributed by atoms with E-state index in [1.165, 1.54) is 0 Å². The van der Waals surface area contributed by atoms with Crippen LogP contribution in [0.1, 0.15) is 16.1 Å². The zero-order valence-corrected chi connectivity index (χ0v) is 12.1. The van der Waals surface area contributed by atoms with E-state index >= 15 is 0 Å². The summed E-state index contributed by atoms with van der Waals surface area (Å²) in [6.45, 7) is 0.308. The maximum Gasteiger partial charge on any atom is 0.283 e. The van der Waals surface area contributed by atoms with Crippen molar-refractivity contribution in [3.63, 3.8) is 0 Å². The summed E-state index contributed by atoms with van der Waals surface area (Å²) in [6, 6.07) is 14.6. The number of rotatable bonds is 4. The van der Waals surface area contributed by atoms with E-state index < -0.39 is 11.5 Å². The van der Waals surface area contributed by atoms with Crippen molar-refractivity contribution in [2.45, 2.75) is 6.54 Å². The molecule has 0 saturated heterocycles. The number of aromatic amines is 1. The lowest BCUT2D eigenvalue weighted by Gasteiger charge is -2.04. The Labute approximate surface area is 131 Å². The van der Waals surface area contributed by atoms with Gasteiger partial charge >= 0.3 is 0 Å². The molecule has 0 radical (unpaired) electrons. The van der Waals surface area contributed by atoms with E-state index in [0.29, 0.717) is 12.2 Å². The first-order chi connectivity index (χ1) is 11.2. The first-order valence-electron chi connectivity index (χ1n) is 6.94. The van der Waals surface area contributed by atoms with Crippen LogP contribution in [0.4, 0.5) is 0 Å². The van der Waals surface area contributed by atoms with Gasteiger partial charge in [0.2, 0.25) is 5.69 Å². The van der Waals surface area contributed by atoms with Gasteiger partial charge in [-0.25, -0.2) is 0 Å². The van der Waals surface area contributed by atoms with Gasteiger partial charge < -0.3 is 10.3 Å². The molecule has 2 heterocycles. The lowest BCUT2D eigenvalue weighted by Crippen LogP contribution is -2.31. The third-order valence-electron chi connectivity index (χ3n) is 3.12. The molecule has 2 aromatic heterocycles. The monoisotopic (exact) mass is 307 g/mol. The van der Waals surface area contributed by atoms with Crippen LogP contribution >= 0.6 is 0 Å². The van der Waals surface area contributed by atoms with Gasteiger partial charge in [-0.15, -0.1) is 10.2 Å². The van der Waals surface area contributed by atoms with Gasteiger partial charge in [0.05, 0.1) is 0 Å². The Balaban J connectivity index is 1.75. The predicted molar refractivity (Wildman–Crippen MR) is 83.5 cm³/mol. The minimum absolute atomic E-state index is 0.218. The maximum absolute atomic E-state index is 12.0. The minimum Gasteiger partial charge on any atom is -0.346 e. The van der Waals surface area contributed by atoms with Crippen molar-refractivity contribution in [3.8, 4) is 11.5 Å². The van der Waals surface area contributed by atoms with Gasteiger partial charge in [0.25, 0.3) is 11.5 Å². The highest BCUT2D eigenvalue weighted by atomic mass is 16.2. The van der Waals surface area contributed by atoms with Crippen LogP contribution in [0.2, 0.25) is 0 Å². The second-order valence-corrected chi connectivity index (χ2v) is 4.73. The normalized spacial score (nSPS) is 10.3. The van der Waals surface area contributed by atoms with Crippen LogP contribution < -0.4 is 10.9 Å². The summed E-state index contributed by atoms with van der Waals surface area (Å²) < 4.78 is 0. The molecule has 0 atom stereocenters. The fourth-order valence-corrected chi connectivity index (χ4v) is 1.97. The summed E-state index contributed by atoms with van der Waals surface area (Å²) in [5.41, 5.74) is 0.524. The van der Waals surface area contributed by atoms with E-state index in [0.717, 1.165) is 5.56 Å². The van der Waals surface area contributed by atoms with Crippen LogP contribution in [-0.4, -0.2) is 26.1 Å². The molecule has 1 aromatic carbocycles. The zero-order chi connectivity index (χ0) is 16.1. The van der Waals surface area contributed by atoms with Crippen LogP contribution in [0.15, 0.2) is 59.5 Å². The van der Waals surface area contributed by atoms with Gasteiger partial charge in [0.1, 0.15) is 5.69 Å². The molecule has 0 spiro atoms. The number of benzene rings is 1. The Bertz CT molecular complexity index is 862. The molecule has 2 N–H and O–H groups in total. The van der Waals surface area contributed by atoms with Crippen LogP contribution in [0.25, 0.3) is 11.5 Å². The largest absolute Gasteiger partial charge is 0.346 e.